The van der Waals surface area contributed by atoms with Crippen molar-refractivity contribution >= 4 is 5.97 Å². The molecule has 1 fully saturated rings. The van der Waals surface area contributed by atoms with Crippen LogP contribution in [-0.4, -0.2) is 17.6 Å². The smallest absolute Gasteiger partial charge is 0.310 e. The van der Waals surface area contributed by atoms with Gasteiger partial charge in [-0.2, -0.15) is 5.26 Å². The van der Waals surface area contributed by atoms with Crippen LogP contribution in [0.4, 0.5) is 0 Å². The fraction of sp³-hybridized carbons (Fsp3) is 0.429. The first-order valence-corrected chi connectivity index (χ1v) is 6.08. The van der Waals surface area contributed by atoms with Gasteiger partial charge in [-0.15, -0.1) is 0 Å². The van der Waals surface area contributed by atoms with Gasteiger partial charge in [0.2, 0.25) is 0 Å². The van der Waals surface area contributed by atoms with Crippen LogP contribution in [0, 0.1) is 16.7 Å². The van der Waals surface area contributed by atoms with E-state index in [0.29, 0.717) is 18.4 Å². The maximum atomic E-state index is 11.5. The third-order valence-corrected chi connectivity index (χ3v) is 4.03. The topological polar surface area (TPSA) is 87.1 Å². The van der Waals surface area contributed by atoms with Gasteiger partial charge in [0.15, 0.2) is 0 Å². The molecule has 1 aliphatic rings. The van der Waals surface area contributed by atoms with Crippen molar-refractivity contribution < 1.29 is 9.90 Å². The molecular formula is C14H16N2O2. The summed E-state index contributed by atoms with van der Waals surface area (Å²) in [6.45, 7) is 0.255. The molecule has 3 N–H and O–H groups in total. The van der Waals surface area contributed by atoms with Gasteiger partial charge in [-0.25, -0.2) is 0 Å². The summed E-state index contributed by atoms with van der Waals surface area (Å²) in [6.07, 6.45) is 2.20. The molecular weight excluding hydrogens is 228 g/mol. The Morgan fingerprint density at radius 3 is 2.61 bits per heavy atom. The normalized spacial score (nSPS) is 18.4. The first-order valence-electron chi connectivity index (χ1n) is 6.08. The third-order valence-electron chi connectivity index (χ3n) is 4.03. The number of rotatable bonds is 4. The number of hydrogen-bond donors (Lipinski definition) is 2. The Morgan fingerprint density at radius 1 is 1.50 bits per heavy atom. The summed E-state index contributed by atoms with van der Waals surface area (Å²) in [5.74, 6) is -1.07. The largest absolute Gasteiger partial charge is 0.481 e. The van der Waals surface area contributed by atoms with E-state index in [1.54, 1.807) is 12.1 Å². The van der Waals surface area contributed by atoms with Crippen LogP contribution in [0.5, 0.6) is 0 Å². The van der Waals surface area contributed by atoms with Crippen molar-refractivity contribution in [3.05, 3.63) is 35.4 Å². The Kier molecular flexibility index (Phi) is 3.35. The van der Waals surface area contributed by atoms with Crippen LogP contribution in [0.2, 0.25) is 0 Å². The predicted octanol–water partition coefficient (Wildman–Crippen LogP) is 1.86. The monoisotopic (exact) mass is 244 g/mol. The van der Waals surface area contributed by atoms with E-state index in [1.807, 2.05) is 12.1 Å². The zero-order chi connectivity index (χ0) is 13.2. The lowest BCUT2D eigenvalue weighted by Crippen LogP contribution is -2.46. The van der Waals surface area contributed by atoms with Crippen molar-refractivity contribution in [2.75, 3.05) is 6.54 Å². The second kappa shape index (κ2) is 4.79. The molecule has 4 nitrogen and oxygen atoms in total. The summed E-state index contributed by atoms with van der Waals surface area (Å²) in [6, 6.07) is 9.26. The molecule has 1 aromatic carbocycles. The molecule has 0 spiro atoms. The van der Waals surface area contributed by atoms with Crippen LogP contribution in [0.15, 0.2) is 24.3 Å². The van der Waals surface area contributed by atoms with Crippen LogP contribution < -0.4 is 5.73 Å². The zero-order valence-corrected chi connectivity index (χ0v) is 10.1. The number of benzene rings is 1. The standard InChI is InChI=1S/C14H16N2O2/c15-8-10-4-1-2-5-11(10)12(9-16)14(13(17)18)6-3-7-14/h1-2,4-5,12H,3,6-7,9,16H2,(H,17,18). The van der Waals surface area contributed by atoms with Crippen molar-refractivity contribution in [3.63, 3.8) is 0 Å². The number of aliphatic carboxylic acids is 1. The number of carbonyl (C=O) groups is 1. The van der Waals surface area contributed by atoms with Crippen molar-refractivity contribution in [2.24, 2.45) is 11.1 Å². The van der Waals surface area contributed by atoms with Crippen LogP contribution >= 0.6 is 0 Å². The van der Waals surface area contributed by atoms with Gasteiger partial charge in [0.25, 0.3) is 0 Å². The van der Waals surface area contributed by atoms with Crippen molar-refractivity contribution in [1.82, 2.24) is 0 Å². The number of nitrogens with two attached hydrogens (primary N) is 1. The highest BCUT2D eigenvalue weighted by molar-refractivity contribution is 5.77. The Bertz CT molecular complexity index is 501. The van der Waals surface area contributed by atoms with E-state index in [2.05, 4.69) is 6.07 Å². The van der Waals surface area contributed by atoms with Crippen molar-refractivity contribution in [2.45, 2.75) is 25.2 Å². The lowest BCUT2D eigenvalue weighted by atomic mass is 9.59. The van der Waals surface area contributed by atoms with Gasteiger partial charge < -0.3 is 10.8 Å². The van der Waals surface area contributed by atoms with E-state index in [9.17, 15) is 9.90 Å². The van der Waals surface area contributed by atoms with Gasteiger partial charge in [-0.1, -0.05) is 24.6 Å². The Balaban J connectivity index is 2.46. The van der Waals surface area contributed by atoms with Crippen LogP contribution in [0.1, 0.15) is 36.3 Å². The SMILES string of the molecule is N#Cc1ccccc1C(CN)C1(C(=O)O)CCC1. The molecule has 2 rings (SSSR count). The molecule has 0 heterocycles. The third kappa shape index (κ3) is 1.77. The predicted molar refractivity (Wildman–Crippen MR) is 66.9 cm³/mol. The first-order chi connectivity index (χ1) is 8.65. The van der Waals surface area contributed by atoms with E-state index in [4.69, 9.17) is 11.0 Å². The average molecular weight is 244 g/mol. The highest BCUT2D eigenvalue weighted by Gasteiger charge is 2.50. The Labute approximate surface area is 106 Å². The molecule has 18 heavy (non-hydrogen) atoms. The molecule has 0 aromatic heterocycles. The molecule has 1 atom stereocenters. The summed E-state index contributed by atoms with van der Waals surface area (Å²) in [5, 5.41) is 18.6. The van der Waals surface area contributed by atoms with Gasteiger partial charge in [0, 0.05) is 12.5 Å². The summed E-state index contributed by atoms with van der Waals surface area (Å²) in [7, 11) is 0. The van der Waals surface area contributed by atoms with Crippen molar-refractivity contribution in [1.29, 1.82) is 5.26 Å². The van der Waals surface area contributed by atoms with Gasteiger partial charge >= 0.3 is 5.97 Å². The van der Waals surface area contributed by atoms with E-state index in [0.717, 1.165) is 12.0 Å². The zero-order valence-electron chi connectivity index (χ0n) is 10.1. The molecule has 1 unspecified atom stereocenters. The van der Waals surface area contributed by atoms with E-state index in [-0.39, 0.29) is 12.5 Å². The van der Waals surface area contributed by atoms with Gasteiger partial charge in [-0.3, -0.25) is 4.79 Å². The van der Waals surface area contributed by atoms with Crippen LogP contribution in [0.25, 0.3) is 0 Å². The Morgan fingerprint density at radius 2 is 2.17 bits per heavy atom. The maximum absolute atomic E-state index is 11.5. The van der Waals surface area contributed by atoms with Crippen molar-refractivity contribution in [3.8, 4) is 6.07 Å². The molecule has 94 valence electrons. The number of nitriles is 1. The minimum absolute atomic E-state index is 0.255. The molecule has 0 saturated heterocycles. The lowest BCUT2D eigenvalue weighted by Gasteiger charge is -2.44. The quantitative estimate of drug-likeness (QED) is 0.846. The second-order valence-corrected chi connectivity index (χ2v) is 4.80. The number of carboxylic acid groups (broad SMARTS) is 1. The molecule has 0 radical (unpaired) electrons. The van der Waals surface area contributed by atoms with E-state index < -0.39 is 11.4 Å². The maximum Gasteiger partial charge on any atom is 0.310 e. The molecule has 1 saturated carbocycles. The molecule has 1 aromatic rings. The summed E-state index contributed by atoms with van der Waals surface area (Å²) in [5.41, 5.74) is 6.31. The lowest BCUT2D eigenvalue weighted by molar-refractivity contribution is -0.156. The molecule has 1 aliphatic carbocycles. The summed E-state index contributed by atoms with van der Waals surface area (Å²) < 4.78 is 0. The Hall–Kier alpha value is -1.86. The number of nitrogens with zero attached hydrogens (tertiary/aromatic N) is 1. The second-order valence-electron chi connectivity index (χ2n) is 4.80. The molecule has 0 amide bonds. The van der Waals surface area contributed by atoms with Gasteiger partial charge in [0.1, 0.15) is 0 Å². The van der Waals surface area contributed by atoms with Crippen LogP contribution in [-0.2, 0) is 4.79 Å². The summed E-state index contributed by atoms with van der Waals surface area (Å²) >= 11 is 0. The van der Waals surface area contributed by atoms with Gasteiger partial charge in [-0.05, 0) is 24.5 Å². The average Bonchev–Trinajstić information content (AvgIpc) is 2.33. The van der Waals surface area contributed by atoms with Crippen LogP contribution in [0.3, 0.4) is 0 Å². The minimum atomic E-state index is -0.794. The first kappa shape index (κ1) is 12.6. The summed E-state index contributed by atoms with van der Waals surface area (Å²) in [4.78, 5) is 11.5. The molecule has 0 bridgehead atoms. The molecule has 0 aliphatic heterocycles. The number of carboxylic acids is 1. The van der Waals surface area contributed by atoms with E-state index >= 15 is 0 Å². The fourth-order valence-corrected chi connectivity index (χ4v) is 2.82. The molecule has 4 heteroatoms. The van der Waals surface area contributed by atoms with Gasteiger partial charge in [0.05, 0.1) is 17.0 Å². The highest BCUT2D eigenvalue weighted by Crippen LogP contribution is 2.51. The van der Waals surface area contributed by atoms with E-state index in [1.165, 1.54) is 0 Å². The number of hydrogen-bond acceptors (Lipinski definition) is 3. The minimum Gasteiger partial charge on any atom is -0.481 e. The fourth-order valence-electron chi connectivity index (χ4n) is 2.82. The highest BCUT2D eigenvalue weighted by atomic mass is 16.4.